The van der Waals surface area contributed by atoms with E-state index in [1.54, 1.807) is 7.05 Å². The van der Waals surface area contributed by atoms with Gasteiger partial charge in [-0.25, -0.2) is 0 Å². The lowest BCUT2D eigenvalue weighted by molar-refractivity contribution is 0.0936. The van der Waals surface area contributed by atoms with E-state index in [0.29, 0.717) is 19.2 Å². The Hall–Kier alpha value is -1.91. The van der Waals surface area contributed by atoms with E-state index in [1.807, 2.05) is 24.3 Å². The number of rotatable bonds is 3. The summed E-state index contributed by atoms with van der Waals surface area (Å²) in [5.41, 5.74) is 0. The zero-order valence-corrected chi connectivity index (χ0v) is 11.6. The van der Waals surface area contributed by atoms with Crippen LogP contribution in [-0.2, 0) is 0 Å². The quantitative estimate of drug-likeness (QED) is 0.639. The largest absolute Gasteiger partial charge is 0.486 e. The molecule has 0 spiro atoms. The Balaban J connectivity index is 1.85. The topological polar surface area (TPSA) is 54.9 Å². The van der Waals surface area contributed by atoms with Crippen LogP contribution in [0.25, 0.3) is 0 Å². The molecule has 0 radical (unpaired) electrons. The molecule has 0 saturated carbocycles. The van der Waals surface area contributed by atoms with Crippen LogP contribution in [0.4, 0.5) is 0 Å². The Morgan fingerprint density at radius 1 is 1.37 bits per heavy atom. The summed E-state index contributed by atoms with van der Waals surface area (Å²) < 4.78 is 11.5. The monoisotopic (exact) mass is 263 g/mol. The third kappa shape index (κ3) is 3.77. The summed E-state index contributed by atoms with van der Waals surface area (Å²) in [6.45, 7) is 5.34. The summed E-state index contributed by atoms with van der Waals surface area (Å²) in [6, 6.07) is 8.06. The van der Waals surface area contributed by atoms with Gasteiger partial charge in [-0.3, -0.25) is 4.99 Å². The summed E-state index contributed by atoms with van der Waals surface area (Å²) in [5, 5.41) is 6.47. The van der Waals surface area contributed by atoms with Gasteiger partial charge in [-0.2, -0.15) is 0 Å². The average Bonchev–Trinajstić information content (AvgIpc) is 2.42. The first-order valence-electron chi connectivity index (χ1n) is 6.54. The summed E-state index contributed by atoms with van der Waals surface area (Å²) in [7, 11) is 1.76. The van der Waals surface area contributed by atoms with Crippen molar-refractivity contribution in [3.63, 3.8) is 0 Å². The molecule has 0 aromatic heterocycles. The number of nitrogens with zero attached hydrogens (tertiary/aromatic N) is 1. The van der Waals surface area contributed by atoms with Gasteiger partial charge in [0, 0.05) is 13.1 Å². The molecule has 5 heteroatoms. The second-order valence-corrected chi connectivity index (χ2v) is 4.75. The maximum atomic E-state index is 5.86. The molecule has 2 N–H and O–H groups in total. The van der Waals surface area contributed by atoms with Crippen LogP contribution in [0.1, 0.15) is 13.8 Å². The zero-order chi connectivity index (χ0) is 13.7. The lowest BCUT2D eigenvalue weighted by Gasteiger charge is -2.27. The van der Waals surface area contributed by atoms with Gasteiger partial charge in [0.25, 0.3) is 0 Å². The minimum absolute atomic E-state index is 0.0133. The Labute approximate surface area is 114 Å². The van der Waals surface area contributed by atoms with Crippen LogP contribution in [0.2, 0.25) is 0 Å². The highest BCUT2D eigenvalue weighted by atomic mass is 16.6. The van der Waals surface area contributed by atoms with Crippen molar-refractivity contribution in [3.8, 4) is 11.5 Å². The number of ether oxygens (including phenoxy) is 2. The third-order valence-electron chi connectivity index (χ3n) is 2.71. The molecule has 1 atom stereocenters. The fourth-order valence-electron chi connectivity index (χ4n) is 1.84. The number of para-hydroxylation sites is 2. The standard InChI is InChI=1S/C14H21N3O2/c1-10(2)17-14(15-3)16-8-11-9-18-12-6-4-5-7-13(12)19-11/h4-7,10-11H,8-9H2,1-3H3,(H2,15,16,17). The molecule has 1 heterocycles. The van der Waals surface area contributed by atoms with E-state index in [0.717, 1.165) is 17.5 Å². The van der Waals surface area contributed by atoms with Gasteiger partial charge in [-0.15, -0.1) is 0 Å². The van der Waals surface area contributed by atoms with Crippen LogP contribution in [0, 0.1) is 0 Å². The van der Waals surface area contributed by atoms with Crippen molar-refractivity contribution >= 4 is 5.96 Å². The number of aliphatic imine (C=N–C) groups is 1. The highest BCUT2D eigenvalue weighted by Crippen LogP contribution is 2.30. The van der Waals surface area contributed by atoms with Crippen molar-refractivity contribution in [1.82, 2.24) is 10.6 Å². The average molecular weight is 263 g/mol. The molecule has 1 aliphatic rings. The van der Waals surface area contributed by atoms with Gasteiger partial charge in [0.2, 0.25) is 0 Å². The molecule has 5 nitrogen and oxygen atoms in total. The van der Waals surface area contributed by atoms with Crippen LogP contribution >= 0.6 is 0 Å². The molecule has 19 heavy (non-hydrogen) atoms. The molecule has 104 valence electrons. The van der Waals surface area contributed by atoms with E-state index in [9.17, 15) is 0 Å². The minimum atomic E-state index is -0.0133. The van der Waals surface area contributed by atoms with E-state index in [4.69, 9.17) is 9.47 Å². The van der Waals surface area contributed by atoms with Gasteiger partial charge in [-0.05, 0) is 26.0 Å². The van der Waals surface area contributed by atoms with Gasteiger partial charge in [0.1, 0.15) is 12.7 Å². The van der Waals surface area contributed by atoms with Crippen molar-refractivity contribution in [2.75, 3.05) is 20.2 Å². The van der Waals surface area contributed by atoms with Gasteiger partial charge >= 0.3 is 0 Å². The van der Waals surface area contributed by atoms with Gasteiger partial charge < -0.3 is 20.1 Å². The van der Waals surface area contributed by atoms with E-state index in [1.165, 1.54) is 0 Å². The predicted molar refractivity (Wildman–Crippen MR) is 76.0 cm³/mol. The van der Waals surface area contributed by atoms with Gasteiger partial charge in [-0.1, -0.05) is 12.1 Å². The maximum Gasteiger partial charge on any atom is 0.191 e. The number of guanidine groups is 1. The Morgan fingerprint density at radius 3 is 2.79 bits per heavy atom. The summed E-state index contributed by atoms with van der Waals surface area (Å²) in [4.78, 5) is 4.15. The van der Waals surface area contributed by atoms with Crippen LogP contribution in [-0.4, -0.2) is 38.3 Å². The lowest BCUT2D eigenvalue weighted by Crippen LogP contribution is -2.47. The predicted octanol–water partition coefficient (Wildman–Crippen LogP) is 1.40. The van der Waals surface area contributed by atoms with Crippen molar-refractivity contribution in [3.05, 3.63) is 24.3 Å². The molecule has 0 saturated heterocycles. The second-order valence-electron chi connectivity index (χ2n) is 4.75. The molecule has 1 aliphatic heterocycles. The van der Waals surface area contributed by atoms with Crippen LogP contribution in [0.5, 0.6) is 11.5 Å². The molecule has 2 rings (SSSR count). The van der Waals surface area contributed by atoms with Crippen LogP contribution < -0.4 is 20.1 Å². The van der Waals surface area contributed by atoms with Crippen molar-refractivity contribution in [2.45, 2.75) is 26.0 Å². The molecule has 0 aliphatic carbocycles. The van der Waals surface area contributed by atoms with E-state index in [2.05, 4.69) is 29.5 Å². The van der Waals surface area contributed by atoms with Crippen molar-refractivity contribution in [1.29, 1.82) is 0 Å². The number of hydrogen-bond acceptors (Lipinski definition) is 3. The van der Waals surface area contributed by atoms with Gasteiger partial charge in [0.15, 0.2) is 17.5 Å². The maximum absolute atomic E-state index is 5.86. The Kier molecular flexibility index (Phi) is 4.49. The Bertz CT molecular complexity index is 446. The Morgan fingerprint density at radius 2 is 2.11 bits per heavy atom. The highest BCUT2D eigenvalue weighted by Gasteiger charge is 2.20. The third-order valence-corrected chi connectivity index (χ3v) is 2.71. The summed E-state index contributed by atoms with van der Waals surface area (Å²) in [5.74, 6) is 2.38. The second kappa shape index (κ2) is 6.31. The first-order chi connectivity index (χ1) is 9.19. The van der Waals surface area contributed by atoms with Gasteiger partial charge in [0.05, 0.1) is 6.54 Å². The van der Waals surface area contributed by atoms with Crippen molar-refractivity contribution in [2.24, 2.45) is 4.99 Å². The van der Waals surface area contributed by atoms with Crippen molar-refractivity contribution < 1.29 is 9.47 Å². The first-order valence-corrected chi connectivity index (χ1v) is 6.54. The zero-order valence-electron chi connectivity index (χ0n) is 11.6. The molecule has 1 unspecified atom stereocenters. The molecule has 0 amide bonds. The number of nitrogens with one attached hydrogen (secondary N) is 2. The lowest BCUT2D eigenvalue weighted by atomic mass is 10.2. The molecule has 1 aromatic carbocycles. The van der Waals surface area contributed by atoms with E-state index >= 15 is 0 Å². The number of fused-ring (bicyclic) bond motifs is 1. The molecular weight excluding hydrogens is 242 g/mol. The summed E-state index contributed by atoms with van der Waals surface area (Å²) >= 11 is 0. The molecule has 1 aromatic rings. The minimum Gasteiger partial charge on any atom is -0.486 e. The van der Waals surface area contributed by atoms with E-state index in [-0.39, 0.29) is 6.10 Å². The van der Waals surface area contributed by atoms with Crippen LogP contribution in [0.15, 0.2) is 29.3 Å². The van der Waals surface area contributed by atoms with E-state index < -0.39 is 0 Å². The smallest absolute Gasteiger partial charge is 0.191 e. The number of hydrogen-bond donors (Lipinski definition) is 2. The fraction of sp³-hybridized carbons (Fsp3) is 0.500. The molecule has 0 fully saturated rings. The SMILES string of the molecule is CN=C(NCC1COc2ccccc2O1)NC(C)C. The number of benzene rings is 1. The highest BCUT2D eigenvalue weighted by molar-refractivity contribution is 5.79. The summed E-state index contributed by atoms with van der Waals surface area (Å²) in [6.07, 6.45) is -0.0133. The fourth-order valence-corrected chi connectivity index (χ4v) is 1.84. The van der Waals surface area contributed by atoms with Crippen LogP contribution in [0.3, 0.4) is 0 Å². The first kappa shape index (κ1) is 13.5. The molecular formula is C14H21N3O2. The molecule has 0 bridgehead atoms. The normalized spacial score (nSPS) is 18.3.